The van der Waals surface area contributed by atoms with E-state index < -0.39 is 17.7 Å². The van der Waals surface area contributed by atoms with Gasteiger partial charge in [-0.05, 0) is 47.0 Å². The third-order valence-corrected chi connectivity index (χ3v) is 5.19. The number of likely N-dealkylation sites (N-methyl/N-ethyl adjacent to an activating group) is 1. The minimum atomic E-state index is -0.563. The number of piperazine rings is 1. The number of rotatable bonds is 8. The van der Waals surface area contributed by atoms with Crippen molar-refractivity contribution in [3.8, 4) is 0 Å². The van der Waals surface area contributed by atoms with Gasteiger partial charge in [-0.25, -0.2) is 8.78 Å². The molecule has 1 unspecified atom stereocenters. The monoisotopic (exact) mass is 566 g/mol. The smallest absolute Gasteiger partial charge is 0.234 e. The van der Waals surface area contributed by atoms with Gasteiger partial charge in [-0.3, -0.25) is 14.7 Å². The van der Waals surface area contributed by atoms with Crippen LogP contribution in [0.5, 0.6) is 0 Å². The van der Waals surface area contributed by atoms with Crippen LogP contribution < -0.4 is 10.6 Å². The normalized spacial score (nSPS) is 16.2. The third-order valence-electron chi connectivity index (χ3n) is 5.19. The van der Waals surface area contributed by atoms with Gasteiger partial charge in [-0.1, -0.05) is 6.07 Å². The Kier molecular flexibility index (Phi) is 12.4. The third kappa shape index (κ3) is 8.43. The van der Waals surface area contributed by atoms with Gasteiger partial charge >= 0.3 is 0 Å². The zero-order valence-electron chi connectivity index (χ0n) is 19.7. The number of nitrogens with one attached hydrogen (secondary N) is 2. The number of halogens is 3. The number of benzene rings is 1. The summed E-state index contributed by atoms with van der Waals surface area (Å²) in [4.78, 5) is 22.7. The van der Waals surface area contributed by atoms with Crippen molar-refractivity contribution >= 4 is 35.8 Å². The van der Waals surface area contributed by atoms with Crippen LogP contribution in [0.25, 0.3) is 0 Å². The number of hydrogen-bond acceptors (Lipinski definition) is 4. The molecule has 1 atom stereocenters. The molecule has 0 aliphatic carbocycles. The maximum absolute atomic E-state index is 14.3. The first kappa shape index (κ1) is 28.5. The van der Waals surface area contributed by atoms with E-state index in [1.165, 1.54) is 18.2 Å². The highest BCUT2D eigenvalue weighted by molar-refractivity contribution is 14.0. The molecule has 1 aromatic carbocycles. The lowest BCUT2D eigenvalue weighted by atomic mass is 10.0. The quantitative estimate of drug-likeness (QED) is 0.288. The Labute approximate surface area is 207 Å². The fourth-order valence-electron chi connectivity index (χ4n) is 3.63. The van der Waals surface area contributed by atoms with E-state index in [0.717, 1.165) is 32.1 Å². The van der Waals surface area contributed by atoms with E-state index >= 15 is 0 Å². The molecule has 1 fully saturated rings. The highest BCUT2D eigenvalue weighted by Crippen LogP contribution is 2.25. The highest BCUT2D eigenvalue weighted by atomic mass is 127. The number of aliphatic imine (C=N–C) groups is 1. The van der Waals surface area contributed by atoms with Crippen molar-refractivity contribution in [2.45, 2.75) is 32.9 Å². The summed E-state index contributed by atoms with van der Waals surface area (Å²) in [5, 5.41) is 6.20. The van der Waals surface area contributed by atoms with Crippen LogP contribution >= 0.6 is 24.0 Å². The molecule has 1 saturated heterocycles. The summed E-state index contributed by atoms with van der Waals surface area (Å²) < 4.78 is 28.7. The molecule has 7 nitrogen and oxygen atoms in total. The lowest BCUT2D eigenvalue weighted by molar-refractivity contribution is -0.123. The van der Waals surface area contributed by atoms with Gasteiger partial charge in [0.25, 0.3) is 0 Å². The first-order valence-corrected chi connectivity index (χ1v) is 10.9. The zero-order valence-corrected chi connectivity index (χ0v) is 22.0. The van der Waals surface area contributed by atoms with Crippen molar-refractivity contribution in [3.05, 3.63) is 35.4 Å². The molecule has 0 saturated carbocycles. The largest absolute Gasteiger partial charge is 0.357 e. The summed E-state index contributed by atoms with van der Waals surface area (Å²) in [5.41, 5.74) is 0.0353. The number of carbonyl (C=O) groups excluding carboxylic acids is 1. The van der Waals surface area contributed by atoms with E-state index in [1.807, 2.05) is 20.8 Å². The van der Waals surface area contributed by atoms with Gasteiger partial charge in [0, 0.05) is 44.3 Å². The van der Waals surface area contributed by atoms with Gasteiger partial charge in [0.05, 0.1) is 19.1 Å². The first-order valence-electron chi connectivity index (χ1n) is 10.9. The minimum Gasteiger partial charge on any atom is -0.357 e. The molecular formula is C22H37F2IN6O. The molecule has 1 aromatic rings. The predicted octanol–water partition coefficient (Wildman–Crippen LogP) is 2.29. The van der Waals surface area contributed by atoms with Crippen molar-refractivity contribution in [3.63, 3.8) is 0 Å². The van der Waals surface area contributed by atoms with Gasteiger partial charge in [0.2, 0.25) is 5.91 Å². The van der Waals surface area contributed by atoms with Crippen LogP contribution in [0.3, 0.4) is 0 Å². The van der Waals surface area contributed by atoms with E-state index in [1.54, 1.807) is 19.0 Å². The molecule has 2 N–H and O–H groups in total. The molecule has 182 valence electrons. The Morgan fingerprint density at radius 3 is 2.25 bits per heavy atom. The molecule has 10 heteroatoms. The second-order valence-electron chi connectivity index (χ2n) is 8.29. The number of amides is 1. The topological polar surface area (TPSA) is 63.2 Å². The molecular weight excluding hydrogens is 529 g/mol. The predicted molar refractivity (Wildman–Crippen MR) is 135 cm³/mol. The van der Waals surface area contributed by atoms with Crippen LogP contribution in [0.1, 0.15) is 32.4 Å². The summed E-state index contributed by atoms with van der Waals surface area (Å²) in [6.45, 7) is 10.1. The molecule has 1 heterocycles. The summed E-state index contributed by atoms with van der Waals surface area (Å²) in [5.74, 6) is -0.374. The van der Waals surface area contributed by atoms with E-state index in [9.17, 15) is 13.6 Å². The van der Waals surface area contributed by atoms with Gasteiger partial charge in [0.15, 0.2) is 5.96 Å². The molecule has 0 spiro atoms. The van der Waals surface area contributed by atoms with Crippen LogP contribution in [0.4, 0.5) is 8.78 Å². The average molecular weight is 566 g/mol. The Morgan fingerprint density at radius 1 is 1.16 bits per heavy atom. The second-order valence-corrected chi connectivity index (χ2v) is 8.29. The summed E-state index contributed by atoms with van der Waals surface area (Å²) >= 11 is 0. The molecule has 2 rings (SSSR count). The Morgan fingerprint density at radius 2 is 1.75 bits per heavy atom. The first-order chi connectivity index (χ1) is 14.7. The fraction of sp³-hybridized carbons (Fsp3) is 0.636. The Bertz CT molecular complexity index is 734. The molecule has 1 aliphatic heterocycles. The fourth-order valence-corrected chi connectivity index (χ4v) is 3.63. The summed E-state index contributed by atoms with van der Waals surface area (Å²) in [6.07, 6.45) is 0. The Balaban J connectivity index is 0.00000512. The van der Waals surface area contributed by atoms with Gasteiger partial charge in [-0.15, -0.1) is 24.0 Å². The lowest BCUT2D eigenvalue weighted by Crippen LogP contribution is -2.54. The molecule has 1 aliphatic rings. The summed E-state index contributed by atoms with van der Waals surface area (Å²) in [6, 6.07) is 3.53. The average Bonchev–Trinajstić information content (AvgIpc) is 2.69. The number of nitrogens with zero attached hydrogens (tertiary/aromatic N) is 4. The van der Waals surface area contributed by atoms with Crippen molar-refractivity contribution < 1.29 is 13.6 Å². The zero-order chi connectivity index (χ0) is 23.0. The van der Waals surface area contributed by atoms with Crippen LogP contribution in [-0.2, 0) is 4.79 Å². The van der Waals surface area contributed by atoms with Gasteiger partial charge < -0.3 is 20.4 Å². The maximum Gasteiger partial charge on any atom is 0.234 e. The highest BCUT2D eigenvalue weighted by Gasteiger charge is 2.24. The molecule has 0 bridgehead atoms. The van der Waals surface area contributed by atoms with Crippen molar-refractivity contribution in [1.29, 1.82) is 0 Å². The van der Waals surface area contributed by atoms with E-state index in [-0.39, 0.29) is 48.0 Å². The van der Waals surface area contributed by atoms with Crippen LogP contribution in [-0.4, -0.2) is 92.5 Å². The molecule has 1 amide bonds. The van der Waals surface area contributed by atoms with Crippen molar-refractivity contribution in [1.82, 2.24) is 25.3 Å². The van der Waals surface area contributed by atoms with E-state index in [4.69, 9.17) is 4.99 Å². The number of guanidine groups is 1. The molecule has 32 heavy (non-hydrogen) atoms. The van der Waals surface area contributed by atoms with Crippen LogP contribution in [0.15, 0.2) is 23.2 Å². The van der Waals surface area contributed by atoms with Crippen LogP contribution in [0, 0.1) is 11.6 Å². The van der Waals surface area contributed by atoms with Gasteiger partial charge in [-0.2, -0.15) is 0 Å². The number of carbonyl (C=O) groups is 1. The Hall–Kier alpha value is -1.53. The van der Waals surface area contributed by atoms with Crippen molar-refractivity contribution in [2.24, 2.45) is 4.99 Å². The minimum absolute atomic E-state index is 0. The second kappa shape index (κ2) is 13.9. The standard InChI is InChI=1S/C22H36F2N6O.HI/c1-6-25-22(30-12-10-29(11-13-30)15-20(31)27-16(2)3)26-14-19(28(4)5)21-17(23)8-7-9-18(21)24;/h7-9,16,19H,6,10-15H2,1-5H3,(H,25,26)(H,27,31);1H. The molecule has 0 aromatic heterocycles. The van der Waals surface area contributed by atoms with Gasteiger partial charge in [0.1, 0.15) is 11.6 Å². The number of hydrogen-bond donors (Lipinski definition) is 2. The van der Waals surface area contributed by atoms with E-state index in [2.05, 4.69) is 20.4 Å². The van der Waals surface area contributed by atoms with E-state index in [0.29, 0.717) is 13.1 Å². The maximum atomic E-state index is 14.3. The SMILES string of the molecule is CCNC(=NCC(c1c(F)cccc1F)N(C)C)N1CCN(CC(=O)NC(C)C)CC1.I. The summed E-state index contributed by atoms with van der Waals surface area (Å²) in [7, 11) is 3.58. The van der Waals surface area contributed by atoms with Crippen molar-refractivity contribution in [2.75, 3.05) is 59.9 Å². The van der Waals surface area contributed by atoms with Crippen LogP contribution in [0.2, 0.25) is 0 Å². The lowest BCUT2D eigenvalue weighted by Gasteiger charge is -2.36. The molecule has 0 radical (unpaired) electrons.